The summed E-state index contributed by atoms with van der Waals surface area (Å²) < 4.78 is 0. The van der Waals surface area contributed by atoms with Crippen LogP contribution in [0.1, 0.15) is 27.7 Å². The van der Waals surface area contributed by atoms with Crippen molar-refractivity contribution in [3.05, 3.63) is 0 Å². The van der Waals surface area contributed by atoms with E-state index in [4.69, 9.17) is 0 Å². The molecule has 0 aromatic rings. The quantitative estimate of drug-likeness (QED) is 0.764. The molecule has 0 aromatic carbocycles. The summed E-state index contributed by atoms with van der Waals surface area (Å²) in [5.74, 6) is 0.218. The van der Waals surface area contributed by atoms with Crippen LogP contribution in [0.4, 0.5) is 0 Å². The van der Waals surface area contributed by atoms with E-state index in [0.29, 0.717) is 6.04 Å². The van der Waals surface area contributed by atoms with Crippen LogP contribution < -0.4 is 5.32 Å². The summed E-state index contributed by atoms with van der Waals surface area (Å²) in [5.41, 5.74) is -0.446. The lowest BCUT2D eigenvalue weighted by Crippen LogP contribution is -2.61. The number of nitrogens with zero attached hydrogens (tertiary/aromatic N) is 2. The third-order valence-electron chi connectivity index (χ3n) is 3.24. The van der Waals surface area contributed by atoms with E-state index < -0.39 is 5.54 Å². The molecule has 1 heterocycles. The predicted octanol–water partition coefficient (Wildman–Crippen LogP) is 0.537. The molecule has 1 unspecified atom stereocenters. The molecule has 1 aliphatic heterocycles. The van der Waals surface area contributed by atoms with Gasteiger partial charge in [0, 0.05) is 25.7 Å². The maximum Gasteiger partial charge on any atom is 0.242 e. The zero-order valence-corrected chi connectivity index (χ0v) is 11.2. The highest BCUT2D eigenvalue weighted by molar-refractivity contribution is 5.85. The fourth-order valence-electron chi connectivity index (χ4n) is 2.32. The third-order valence-corrected chi connectivity index (χ3v) is 3.24. The van der Waals surface area contributed by atoms with E-state index in [-0.39, 0.29) is 5.91 Å². The second-order valence-corrected chi connectivity index (χ2v) is 5.27. The molecule has 0 aliphatic carbocycles. The predicted molar refractivity (Wildman–Crippen MR) is 66.4 cm³/mol. The van der Waals surface area contributed by atoms with Crippen LogP contribution in [0.5, 0.6) is 0 Å². The average Bonchev–Trinajstić information content (AvgIpc) is 2.16. The van der Waals surface area contributed by atoms with Crippen molar-refractivity contribution in [3.63, 3.8) is 0 Å². The highest BCUT2D eigenvalue weighted by Crippen LogP contribution is 2.14. The van der Waals surface area contributed by atoms with Gasteiger partial charge in [-0.25, -0.2) is 0 Å². The molecule has 1 fully saturated rings. The first-order valence-electron chi connectivity index (χ1n) is 6.13. The SMILES string of the molecule is CCNC(C)(C)C(=O)N1CCN(C)CC1C. The molecule has 0 aromatic heterocycles. The Hall–Kier alpha value is -0.610. The first-order valence-corrected chi connectivity index (χ1v) is 6.13. The Bertz CT molecular complexity index is 253. The highest BCUT2D eigenvalue weighted by atomic mass is 16.2. The number of amides is 1. The van der Waals surface area contributed by atoms with E-state index in [0.717, 1.165) is 26.2 Å². The number of likely N-dealkylation sites (N-methyl/N-ethyl adjacent to an activating group) is 2. The van der Waals surface area contributed by atoms with Gasteiger partial charge in [-0.05, 0) is 34.4 Å². The van der Waals surface area contributed by atoms with Crippen LogP contribution in [0.2, 0.25) is 0 Å². The summed E-state index contributed by atoms with van der Waals surface area (Å²) in [6.07, 6.45) is 0. The lowest BCUT2D eigenvalue weighted by molar-refractivity contribution is -0.141. The molecule has 0 saturated carbocycles. The summed E-state index contributed by atoms with van der Waals surface area (Å²) in [6.45, 7) is 11.7. The first kappa shape index (κ1) is 13.5. The lowest BCUT2D eigenvalue weighted by atomic mass is 10.0. The zero-order valence-electron chi connectivity index (χ0n) is 11.2. The van der Waals surface area contributed by atoms with E-state index in [1.807, 2.05) is 25.7 Å². The van der Waals surface area contributed by atoms with Gasteiger partial charge in [0.2, 0.25) is 5.91 Å². The van der Waals surface area contributed by atoms with Crippen molar-refractivity contribution in [2.45, 2.75) is 39.3 Å². The van der Waals surface area contributed by atoms with Gasteiger partial charge in [-0.15, -0.1) is 0 Å². The van der Waals surface area contributed by atoms with E-state index in [9.17, 15) is 4.79 Å². The molecular weight excluding hydrogens is 202 g/mol. The molecule has 94 valence electrons. The number of rotatable bonds is 3. The van der Waals surface area contributed by atoms with Gasteiger partial charge in [0.15, 0.2) is 0 Å². The molecule has 0 radical (unpaired) electrons. The smallest absolute Gasteiger partial charge is 0.242 e. The van der Waals surface area contributed by atoms with Crippen LogP contribution in [-0.4, -0.2) is 60.5 Å². The van der Waals surface area contributed by atoms with Crippen molar-refractivity contribution in [3.8, 4) is 0 Å². The molecule has 1 aliphatic rings. The van der Waals surface area contributed by atoms with Crippen molar-refractivity contribution in [1.29, 1.82) is 0 Å². The van der Waals surface area contributed by atoms with Gasteiger partial charge < -0.3 is 15.1 Å². The minimum Gasteiger partial charge on any atom is -0.336 e. The second-order valence-electron chi connectivity index (χ2n) is 5.27. The van der Waals surface area contributed by atoms with Gasteiger partial charge in [0.25, 0.3) is 0 Å². The van der Waals surface area contributed by atoms with Gasteiger partial charge in [-0.2, -0.15) is 0 Å². The third kappa shape index (κ3) is 2.95. The molecule has 4 heteroatoms. The number of hydrogen-bond acceptors (Lipinski definition) is 3. The lowest BCUT2D eigenvalue weighted by Gasteiger charge is -2.42. The Morgan fingerprint density at radius 3 is 2.56 bits per heavy atom. The van der Waals surface area contributed by atoms with Gasteiger partial charge >= 0.3 is 0 Å². The maximum atomic E-state index is 12.4. The monoisotopic (exact) mass is 227 g/mol. The van der Waals surface area contributed by atoms with Crippen LogP contribution in [0.15, 0.2) is 0 Å². The largest absolute Gasteiger partial charge is 0.336 e. The minimum absolute atomic E-state index is 0.218. The molecule has 1 N–H and O–H groups in total. The van der Waals surface area contributed by atoms with Gasteiger partial charge in [0.05, 0.1) is 5.54 Å². The Morgan fingerprint density at radius 1 is 1.44 bits per heavy atom. The number of carbonyl (C=O) groups is 1. The van der Waals surface area contributed by atoms with Crippen molar-refractivity contribution in [2.24, 2.45) is 0 Å². The fourth-order valence-corrected chi connectivity index (χ4v) is 2.32. The molecular formula is C12H25N3O. The molecule has 4 nitrogen and oxygen atoms in total. The molecule has 0 spiro atoms. The minimum atomic E-state index is -0.446. The van der Waals surface area contributed by atoms with Crippen LogP contribution in [0.25, 0.3) is 0 Å². The summed E-state index contributed by atoms with van der Waals surface area (Å²) in [4.78, 5) is 16.6. The van der Waals surface area contributed by atoms with E-state index in [1.54, 1.807) is 0 Å². The van der Waals surface area contributed by atoms with Gasteiger partial charge in [0.1, 0.15) is 0 Å². The molecule has 0 bridgehead atoms. The maximum absolute atomic E-state index is 12.4. The first-order chi connectivity index (χ1) is 7.38. The summed E-state index contributed by atoms with van der Waals surface area (Å²) >= 11 is 0. The molecule has 16 heavy (non-hydrogen) atoms. The Morgan fingerprint density at radius 2 is 2.06 bits per heavy atom. The van der Waals surface area contributed by atoms with Crippen molar-refractivity contribution in [2.75, 3.05) is 33.2 Å². The van der Waals surface area contributed by atoms with Crippen LogP contribution in [0.3, 0.4) is 0 Å². The van der Waals surface area contributed by atoms with Crippen LogP contribution in [-0.2, 0) is 4.79 Å². The van der Waals surface area contributed by atoms with Gasteiger partial charge in [-0.1, -0.05) is 6.92 Å². The normalized spacial score (nSPS) is 23.6. The van der Waals surface area contributed by atoms with Crippen molar-refractivity contribution in [1.82, 2.24) is 15.1 Å². The Balaban J connectivity index is 2.66. The van der Waals surface area contributed by atoms with Crippen LogP contribution in [0, 0.1) is 0 Å². The highest BCUT2D eigenvalue weighted by Gasteiger charge is 2.35. The van der Waals surface area contributed by atoms with E-state index in [2.05, 4.69) is 24.2 Å². The van der Waals surface area contributed by atoms with Gasteiger partial charge in [-0.3, -0.25) is 4.79 Å². The fraction of sp³-hybridized carbons (Fsp3) is 0.917. The number of nitrogens with one attached hydrogen (secondary N) is 1. The van der Waals surface area contributed by atoms with E-state index in [1.165, 1.54) is 0 Å². The molecule has 1 atom stereocenters. The Kier molecular flexibility index (Phi) is 4.33. The second kappa shape index (κ2) is 5.15. The molecule has 1 saturated heterocycles. The van der Waals surface area contributed by atoms with Crippen molar-refractivity contribution < 1.29 is 4.79 Å². The number of hydrogen-bond donors (Lipinski definition) is 1. The van der Waals surface area contributed by atoms with Crippen LogP contribution >= 0.6 is 0 Å². The summed E-state index contributed by atoms with van der Waals surface area (Å²) in [7, 11) is 2.10. The standard InChI is InChI=1S/C12H25N3O/c1-6-13-12(3,4)11(16)15-8-7-14(5)9-10(15)2/h10,13H,6-9H2,1-5H3. The summed E-state index contributed by atoms with van der Waals surface area (Å²) in [5, 5.41) is 3.25. The molecule has 1 amide bonds. The number of carbonyl (C=O) groups excluding carboxylic acids is 1. The number of piperazine rings is 1. The average molecular weight is 227 g/mol. The topological polar surface area (TPSA) is 35.6 Å². The van der Waals surface area contributed by atoms with E-state index >= 15 is 0 Å². The van der Waals surface area contributed by atoms with Crippen molar-refractivity contribution >= 4 is 5.91 Å². The Labute approximate surface area is 99.0 Å². The molecule has 1 rings (SSSR count). The summed E-state index contributed by atoms with van der Waals surface area (Å²) in [6, 6.07) is 0.309. The zero-order chi connectivity index (χ0) is 12.3.